The summed E-state index contributed by atoms with van der Waals surface area (Å²) in [5, 5.41) is 3.08. The number of carbonyl (C=O) groups is 1. The first-order valence-corrected chi connectivity index (χ1v) is 3.14. The highest BCUT2D eigenvalue weighted by molar-refractivity contribution is 5.78. The molecule has 0 aliphatic carbocycles. The minimum atomic E-state index is -0.220. The number of nitrogens with two attached hydrogens (primary N) is 1. The average molecular weight is 127 g/mol. The van der Waals surface area contributed by atoms with Crippen molar-refractivity contribution in [2.75, 3.05) is 13.1 Å². The lowest BCUT2D eigenvalue weighted by Crippen LogP contribution is -2.38. The molecule has 0 aromatic carbocycles. The summed E-state index contributed by atoms with van der Waals surface area (Å²) in [6.45, 7) is 1.69. The van der Waals surface area contributed by atoms with E-state index in [1.807, 2.05) is 6.42 Å². The summed E-state index contributed by atoms with van der Waals surface area (Å²) < 4.78 is 0. The summed E-state index contributed by atoms with van der Waals surface area (Å²) in [5.74, 6) is -0.263. The maximum atomic E-state index is 10.5. The maximum Gasteiger partial charge on any atom is 0.222 e. The fraction of sp³-hybridized carbons (Fsp3) is 0.667. The Morgan fingerprint density at radius 2 is 2.56 bits per heavy atom. The number of hydrogen-bond donors (Lipinski definition) is 2. The molecule has 1 aliphatic rings. The molecule has 1 fully saturated rings. The Bertz CT molecular complexity index is 108. The van der Waals surface area contributed by atoms with Gasteiger partial charge in [-0.3, -0.25) is 4.79 Å². The molecule has 0 aromatic heterocycles. The number of rotatable bonds is 1. The Morgan fingerprint density at radius 3 is 2.89 bits per heavy atom. The first-order chi connectivity index (χ1) is 4.30. The molecule has 1 heterocycles. The predicted octanol–water partition coefficient (Wildman–Crippen LogP) is -0.715. The fourth-order valence-electron chi connectivity index (χ4n) is 0.944. The zero-order chi connectivity index (χ0) is 6.69. The fourth-order valence-corrected chi connectivity index (χ4v) is 0.944. The van der Waals surface area contributed by atoms with E-state index in [9.17, 15) is 4.79 Å². The summed E-state index contributed by atoms with van der Waals surface area (Å²) in [5.41, 5.74) is 5.06. The molecule has 9 heavy (non-hydrogen) atoms. The van der Waals surface area contributed by atoms with Crippen molar-refractivity contribution in [3.63, 3.8) is 0 Å². The van der Waals surface area contributed by atoms with Crippen LogP contribution in [0.25, 0.3) is 0 Å². The summed E-state index contributed by atoms with van der Waals surface area (Å²) >= 11 is 0. The number of carbonyl (C=O) groups excluding carboxylic acids is 1. The molecule has 1 radical (unpaired) electrons. The van der Waals surface area contributed by atoms with Gasteiger partial charge in [0.1, 0.15) is 0 Å². The van der Waals surface area contributed by atoms with Gasteiger partial charge >= 0.3 is 0 Å². The van der Waals surface area contributed by atoms with Gasteiger partial charge in [0.25, 0.3) is 0 Å². The van der Waals surface area contributed by atoms with Crippen molar-refractivity contribution >= 4 is 5.91 Å². The molecule has 1 rings (SSSR count). The van der Waals surface area contributed by atoms with Gasteiger partial charge in [-0.15, -0.1) is 0 Å². The number of primary amides is 1. The molecule has 3 nitrogen and oxygen atoms in total. The highest BCUT2D eigenvalue weighted by Crippen LogP contribution is 2.06. The van der Waals surface area contributed by atoms with Crippen molar-refractivity contribution < 1.29 is 4.79 Å². The van der Waals surface area contributed by atoms with Crippen LogP contribution in [0.3, 0.4) is 0 Å². The Labute approximate surface area is 54.6 Å². The van der Waals surface area contributed by atoms with Gasteiger partial charge in [0.2, 0.25) is 5.91 Å². The van der Waals surface area contributed by atoms with Gasteiger partial charge in [-0.2, -0.15) is 0 Å². The minimum Gasteiger partial charge on any atom is -0.369 e. The Hall–Kier alpha value is -0.570. The van der Waals surface area contributed by atoms with Crippen LogP contribution in [-0.2, 0) is 4.79 Å². The monoisotopic (exact) mass is 127 g/mol. The SMILES string of the molecule is NC(=O)C1[CH]CCNC1. The van der Waals surface area contributed by atoms with Crippen molar-refractivity contribution in [2.24, 2.45) is 11.7 Å². The van der Waals surface area contributed by atoms with Crippen LogP contribution in [0.4, 0.5) is 0 Å². The molecule has 1 aliphatic heterocycles. The molecule has 1 saturated heterocycles. The molecule has 0 saturated carbocycles. The molecule has 0 spiro atoms. The lowest BCUT2D eigenvalue weighted by molar-refractivity contribution is -0.121. The van der Waals surface area contributed by atoms with E-state index >= 15 is 0 Å². The van der Waals surface area contributed by atoms with Gasteiger partial charge < -0.3 is 11.1 Å². The zero-order valence-corrected chi connectivity index (χ0v) is 5.26. The van der Waals surface area contributed by atoms with Crippen LogP contribution in [-0.4, -0.2) is 19.0 Å². The quantitative estimate of drug-likeness (QED) is 0.488. The first kappa shape index (κ1) is 6.55. The number of hydrogen-bond acceptors (Lipinski definition) is 2. The van der Waals surface area contributed by atoms with Gasteiger partial charge in [-0.25, -0.2) is 0 Å². The van der Waals surface area contributed by atoms with Crippen LogP contribution in [0.15, 0.2) is 0 Å². The van der Waals surface area contributed by atoms with Crippen molar-refractivity contribution in [2.45, 2.75) is 6.42 Å². The van der Waals surface area contributed by atoms with Crippen molar-refractivity contribution in [3.05, 3.63) is 6.42 Å². The summed E-state index contributed by atoms with van der Waals surface area (Å²) in [4.78, 5) is 10.5. The zero-order valence-electron chi connectivity index (χ0n) is 5.26. The Balaban J connectivity index is 2.31. The number of amides is 1. The van der Waals surface area contributed by atoms with E-state index in [2.05, 4.69) is 5.32 Å². The van der Waals surface area contributed by atoms with E-state index in [4.69, 9.17) is 5.73 Å². The largest absolute Gasteiger partial charge is 0.369 e. The van der Waals surface area contributed by atoms with Crippen molar-refractivity contribution in [1.82, 2.24) is 5.32 Å². The van der Waals surface area contributed by atoms with E-state index in [1.54, 1.807) is 0 Å². The normalized spacial score (nSPS) is 27.8. The van der Waals surface area contributed by atoms with Crippen LogP contribution >= 0.6 is 0 Å². The van der Waals surface area contributed by atoms with E-state index in [1.165, 1.54) is 0 Å². The number of nitrogens with one attached hydrogen (secondary N) is 1. The lowest BCUT2D eigenvalue weighted by Gasteiger charge is -2.18. The van der Waals surface area contributed by atoms with E-state index in [0.717, 1.165) is 19.5 Å². The second-order valence-electron chi connectivity index (χ2n) is 2.24. The second kappa shape index (κ2) is 2.82. The van der Waals surface area contributed by atoms with Crippen molar-refractivity contribution in [1.29, 1.82) is 0 Å². The molecular formula is C6H11N2O. The van der Waals surface area contributed by atoms with Crippen LogP contribution in [0.1, 0.15) is 6.42 Å². The number of piperidine rings is 1. The van der Waals surface area contributed by atoms with Gasteiger partial charge in [-0.1, -0.05) is 0 Å². The molecule has 0 aromatic rings. The van der Waals surface area contributed by atoms with Crippen molar-refractivity contribution in [3.8, 4) is 0 Å². The van der Waals surface area contributed by atoms with Gasteiger partial charge in [0, 0.05) is 6.54 Å². The maximum absolute atomic E-state index is 10.5. The van der Waals surface area contributed by atoms with Crippen LogP contribution in [0, 0.1) is 12.3 Å². The predicted molar refractivity (Wildman–Crippen MR) is 34.5 cm³/mol. The van der Waals surface area contributed by atoms with Gasteiger partial charge in [-0.05, 0) is 19.4 Å². The third-order valence-corrected chi connectivity index (χ3v) is 1.50. The molecule has 0 bridgehead atoms. The van der Waals surface area contributed by atoms with E-state index in [-0.39, 0.29) is 11.8 Å². The molecule has 1 amide bonds. The van der Waals surface area contributed by atoms with Crippen LogP contribution in [0.5, 0.6) is 0 Å². The minimum absolute atomic E-state index is 0.0428. The first-order valence-electron chi connectivity index (χ1n) is 3.14. The molecule has 3 N–H and O–H groups in total. The lowest BCUT2D eigenvalue weighted by atomic mass is 9.99. The van der Waals surface area contributed by atoms with Crippen LogP contribution < -0.4 is 11.1 Å². The molecule has 3 heteroatoms. The summed E-state index contributed by atoms with van der Waals surface area (Å²) in [6.07, 6.45) is 2.92. The van der Waals surface area contributed by atoms with E-state index < -0.39 is 0 Å². The third-order valence-electron chi connectivity index (χ3n) is 1.50. The highest BCUT2D eigenvalue weighted by Gasteiger charge is 2.17. The summed E-state index contributed by atoms with van der Waals surface area (Å²) in [6, 6.07) is 0. The topological polar surface area (TPSA) is 55.1 Å². The third kappa shape index (κ3) is 1.68. The smallest absolute Gasteiger partial charge is 0.222 e. The Kier molecular flexibility index (Phi) is 2.05. The second-order valence-corrected chi connectivity index (χ2v) is 2.24. The molecule has 1 atom stereocenters. The van der Waals surface area contributed by atoms with E-state index in [0.29, 0.717) is 0 Å². The molecular weight excluding hydrogens is 116 g/mol. The Morgan fingerprint density at radius 1 is 1.78 bits per heavy atom. The highest BCUT2D eigenvalue weighted by atomic mass is 16.1. The molecule has 51 valence electrons. The standard InChI is InChI=1S/C6H11N2O/c7-6(9)5-2-1-3-8-4-5/h2,5,8H,1,3-4H2,(H2,7,9). The molecule has 1 unspecified atom stereocenters. The van der Waals surface area contributed by atoms with Crippen LogP contribution in [0.2, 0.25) is 0 Å². The summed E-state index contributed by atoms with van der Waals surface area (Å²) in [7, 11) is 0. The average Bonchev–Trinajstić information content (AvgIpc) is 1.90. The van der Waals surface area contributed by atoms with Gasteiger partial charge in [0.05, 0.1) is 5.92 Å². The van der Waals surface area contributed by atoms with Gasteiger partial charge in [0.15, 0.2) is 0 Å².